The minimum atomic E-state index is 0.258. The van der Waals surface area contributed by atoms with Crippen molar-refractivity contribution in [1.82, 2.24) is 9.88 Å². The Hall–Kier alpha value is -1.17. The lowest BCUT2D eigenvalue weighted by Gasteiger charge is -2.22. The molecule has 1 saturated heterocycles. The van der Waals surface area contributed by atoms with Crippen LogP contribution < -0.4 is 5.73 Å². The van der Waals surface area contributed by atoms with E-state index in [1.165, 1.54) is 0 Å². The van der Waals surface area contributed by atoms with Gasteiger partial charge in [0.15, 0.2) is 0 Å². The molecule has 108 valence electrons. The third-order valence-electron chi connectivity index (χ3n) is 4.13. The summed E-state index contributed by atoms with van der Waals surface area (Å²) in [6.07, 6.45) is 1.16. The first kappa shape index (κ1) is 13.8. The molecule has 4 nitrogen and oxygen atoms in total. The van der Waals surface area contributed by atoms with Gasteiger partial charge >= 0.3 is 0 Å². The van der Waals surface area contributed by atoms with Crippen LogP contribution in [0, 0.1) is 12.3 Å². The van der Waals surface area contributed by atoms with Gasteiger partial charge < -0.3 is 10.2 Å². The summed E-state index contributed by atoms with van der Waals surface area (Å²) in [6, 6.07) is 4.06. The zero-order chi connectivity index (χ0) is 14.2. The van der Waals surface area contributed by atoms with Crippen LogP contribution in [-0.2, 0) is 6.54 Å². The number of oxazole rings is 1. The largest absolute Gasteiger partial charge is 0.440 e. The minimum Gasteiger partial charge on any atom is -0.440 e. The molecule has 0 aliphatic carbocycles. The SMILES string of the molecule is Cc1oc(-c2cccs2)nc1CN1CCC(C)(CN)C1. The van der Waals surface area contributed by atoms with Crippen LogP contribution in [0.1, 0.15) is 24.8 Å². The summed E-state index contributed by atoms with van der Waals surface area (Å²) in [5, 5.41) is 2.04. The van der Waals surface area contributed by atoms with Crippen molar-refractivity contribution in [1.29, 1.82) is 0 Å². The number of thiophene rings is 1. The normalized spacial score (nSPS) is 23.6. The van der Waals surface area contributed by atoms with Crippen molar-refractivity contribution >= 4 is 11.3 Å². The molecule has 2 aromatic heterocycles. The van der Waals surface area contributed by atoms with Gasteiger partial charge in [0.05, 0.1) is 10.6 Å². The van der Waals surface area contributed by atoms with E-state index in [-0.39, 0.29) is 5.41 Å². The maximum absolute atomic E-state index is 5.86. The molecule has 2 N–H and O–H groups in total. The molecule has 1 fully saturated rings. The maximum Gasteiger partial charge on any atom is 0.236 e. The lowest BCUT2D eigenvalue weighted by Crippen LogP contribution is -2.31. The van der Waals surface area contributed by atoms with Crippen LogP contribution in [0.5, 0.6) is 0 Å². The van der Waals surface area contributed by atoms with Crippen molar-refractivity contribution in [2.24, 2.45) is 11.1 Å². The molecule has 0 spiro atoms. The Labute approximate surface area is 123 Å². The van der Waals surface area contributed by atoms with E-state index in [0.717, 1.165) is 54.8 Å². The second-order valence-electron chi connectivity index (χ2n) is 5.97. The molecule has 0 amide bonds. The molecule has 0 radical (unpaired) electrons. The van der Waals surface area contributed by atoms with Crippen molar-refractivity contribution in [3.05, 3.63) is 29.0 Å². The van der Waals surface area contributed by atoms with Gasteiger partial charge in [-0.25, -0.2) is 4.98 Å². The number of aryl methyl sites for hydroxylation is 1. The van der Waals surface area contributed by atoms with Gasteiger partial charge in [-0.2, -0.15) is 0 Å². The topological polar surface area (TPSA) is 55.3 Å². The number of hydrogen-bond acceptors (Lipinski definition) is 5. The average Bonchev–Trinajstić information content (AvgIpc) is 3.12. The van der Waals surface area contributed by atoms with Gasteiger partial charge in [0.25, 0.3) is 0 Å². The van der Waals surface area contributed by atoms with Gasteiger partial charge in [-0.3, -0.25) is 4.90 Å². The number of aromatic nitrogens is 1. The Kier molecular flexibility index (Phi) is 3.67. The van der Waals surface area contributed by atoms with E-state index in [2.05, 4.69) is 16.8 Å². The van der Waals surface area contributed by atoms with E-state index in [0.29, 0.717) is 0 Å². The Morgan fingerprint density at radius 2 is 2.40 bits per heavy atom. The Morgan fingerprint density at radius 1 is 1.55 bits per heavy atom. The zero-order valence-electron chi connectivity index (χ0n) is 12.1. The van der Waals surface area contributed by atoms with Crippen LogP contribution in [-0.4, -0.2) is 29.5 Å². The number of rotatable bonds is 4. The van der Waals surface area contributed by atoms with Crippen LogP contribution >= 0.6 is 11.3 Å². The molecule has 0 saturated carbocycles. The standard InChI is InChI=1S/C15H21N3OS/c1-11-12(8-18-6-5-15(2,9-16)10-18)17-14(19-11)13-4-3-7-20-13/h3-4,7H,5-6,8-10,16H2,1-2H3. The van der Waals surface area contributed by atoms with Crippen molar-refractivity contribution in [2.75, 3.05) is 19.6 Å². The Balaban J connectivity index is 1.73. The highest BCUT2D eigenvalue weighted by molar-refractivity contribution is 7.13. The fourth-order valence-corrected chi connectivity index (χ4v) is 3.37. The Bertz CT molecular complexity index is 578. The van der Waals surface area contributed by atoms with E-state index in [9.17, 15) is 0 Å². The van der Waals surface area contributed by atoms with Gasteiger partial charge in [-0.15, -0.1) is 11.3 Å². The molecular weight excluding hydrogens is 270 g/mol. The third kappa shape index (κ3) is 2.66. The molecule has 2 aromatic rings. The van der Waals surface area contributed by atoms with Crippen LogP contribution in [0.2, 0.25) is 0 Å². The van der Waals surface area contributed by atoms with E-state index in [1.54, 1.807) is 11.3 Å². The van der Waals surface area contributed by atoms with Gasteiger partial charge in [0, 0.05) is 13.1 Å². The lowest BCUT2D eigenvalue weighted by atomic mass is 9.90. The zero-order valence-corrected chi connectivity index (χ0v) is 12.9. The second-order valence-corrected chi connectivity index (χ2v) is 6.92. The van der Waals surface area contributed by atoms with Crippen molar-refractivity contribution < 1.29 is 4.42 Å². The molecule has 0 aromatic carbocycles. The van der Waals surface area contributed by atoms with Gasteiger partial charge in [-0.05, 0) is 43.3 Å². The molecule has 1 atom stereocenters. The monoisotopic (exact) mass is 291 g/mol. The molecule has 1 aliphatic rings. The summed E-state index contributed by atoms with van der Waals surface area (Å²) in [6.45, 7) is 8.01. The van der Waals surface area contributed by atoms with Crippen LogP contribution in [0.4, 0.5) is 0 Å². The van der Waals surface area contributed by atoms with Crippen molar-refractivity contribution in [3.8, 4) is 10.8 Å². The van der Waals surface area contributed by atoms with E-state index in [4.69, 9.17) is 10.2 Å². The average molecular weight is 291 g/mol. The highest BCUT2D eigenvalue weighted by atomic mass is 32.1. The smallest absolute Gasteiger partial charge is 0.236 e. The van der Waals surface area contributed by atoms with Crippen molar-refractivity contribution in [3.63, 3.8) is 0 Å². The number of nitrogens with two attached hydrogens (primary N) is 1. The minimum absolute atomic E-state index is 0.258. The quantitative estimate of drug-likeness (QED) is 0.941. The fraction of sp³-hybridized carbons (Fsp3) is 0.533. The second kappa shape index (κ2) is 5.31. The van der Waals surface area contributed by atoms with Gasteiger partial charge in [0.2, 0.25) is 5.89 Å². The Morgan fingerprint density at radius 3 is 3.05 bits per heavy atom. The maximum atomic E-state index is 5.86. The molecule has 5 heteroatoms. The van der Waals surface area contributed by atoms with E-state index < -0.39 is 0 Å². The summed E-state index contributed by atoms with van der Waals surface area (Å²) < 4.78 is 5.80. The summed E-state index contributed by atoms with van der Waals surface area (Å²) in [7, 11) is 0. The first-order chi connectivity index (χ1) is 9.59. The highest BCUT2D eigenvalue weighted by Gasteiger charge is 2.33. The molecule has 3 heterocycles. The first-order valence-corrected chi connectivity index (χ1v) is 7.90. The van der Waals surface area contributed by atoms with Crippen molar-refractivity contribution in [2.45, 2.75) is 26.8 Å². The molecule has 1 unspecified atom stereocenters. The van der Waals surface area contributed by atoms with Gasteiger partial charge in [-0.1, -0.05) is 13.0 Å². The number of nitrogens with zero attached hydrogens (tertiary/aromatic N) is 2. The molecule has 1 aliphatic heterocycles. The number of hydrogen-bond donors (Lipinski definition) is 1. The predicted molar refractivity (Wildman–Crippen MR) is 81.6 cm³/mol. The molecular formula is C15H21N3OS. The highest BCUT2D eigenvalue weighted by Crippen LogP contribution is 2.31. The van der Waals surface area contributed by atoms with Crippen LogP contribution in [0.3, 0.4) is 0 Å². The molecule has 20 heavy (non-hydrogen) atoms. The fourth-order valence-electron chi connectivity index (χ4n) is 2.72. The van der Waals surface area contributed by atoms with Crippen LogP contribution in [0.25, 0.3) is 10.8 Å². The summed E-state index contributed by atoms with van der Waals surface area (Å²) in [5.41, 5.74) is 7.17. The predicted octanol–water partition coefficient (Wildman–Crippen LogP) is 2.88. The van der Waals surface area contributed by atoms with E-state index in [1.807, 2.05) is 24.4 Å². The van der Waals surface area contributed by atoms with Crippen LogP contribution in [0.15, 0.2) is 21.9 Å². The number of likely N-dealkylation sites (tertiary alicyclic amines) is 1. The van der Waals surface area contributed by atoms with E-state index >= 15 is 0 Å². The lowest BCUT2D eigenvalue weighted by molar-refractivity contribution is 0.271. The summed E-state index contributed by atoms with van der Waals surface area (Å²) in [4.78, 5) is 8.18. The molecule has 0 bridgehead atoms. The van der Waals surface area contributed by atoms with Gasteiger partial charge in [0.1, 0.15) is 5.76 Å². The summed E-state index contributed by atoms with van der Waals surface area (Å²) in [5.74, 6) is 1.67. The first-order valence-electron chi connectivity index (χ1n) is 7.02. The summed E-state index contributed by atoms with van der Waals surface area (Å²) >= 11 is 1.66. The third-order valence-corrected chi connectivity index (χ3v) is 4.99. The molecule has 3 rings (SSSR count).